The van der Waals surface area contributed by atoms with Crippen LogP contribution in [0, 0.1) is 22.7 Å². The number of hydrogen-bond acceptors (Lipinski definition) is 4. The lowest BCUT2D eigenvalue weighted by atomic mass is 10.0. The first-order valence-corrected chi connectivity index (χ1v) is 11.5. The van der Waals surface area contributed by atoms with E-state index in [-0.39, 0.29) is 23.2 Å². The molecule has 0 aliphatic carbocycles. The van der Waals surface area contributed by atoms with Gasteiger partial charge in [-0.05, 0) is 47.9 Å². The third-order valence-electron chi connectivity index (χ3n) is 6.29. The topological polar surface area (TPSA) is 54.1 Å². The third-order valence-corrected chi connectivity index (χ3v) is 6.60. The zero-order chi connectivity index (χ0) is 25.0. The van der Waals surface area contributed by atoms with Gasteiger partial charge in [-0.25, -0.2) is 0 Å². The molecule has 0 saturated carbocycles. The van der Waals surface area contributed by atoms with E-state index in [0.29, 0.717) is 29.9 Å². The number of likely N-dealkylation sites (tertiary alicyclic amines) is 1. The molecule has 1 saturated heterocycles. The van der Waals surface area contributed by atoms with Crippen molar-refractivity contribution in [1.82, 2.24) is 4.90 Å². The maximum absolute atomic E-state index is 13.7. The summed E-state index contributed by atoms with van der Waals surface area (Å²) in [6.07, 6.45) is -3.73. The van der Waals surface area contributed by atoms with E-state index >= 15 is 0 Å². The molecule has 0 aromatic heterocycles. The maximum atomic E-state index is 13.7. The molecule has 1 fully saturated rings. The molecule has 35 heavy (non-hydrogen) atoms. The number of halogens is 4. The first-order valence-electron chi connectivity index (χ1n) is 11.1. The van der Waals surface area contributed by atoms with E-state index in [1.807, 2.05) is 29.2 Å². The van der Waals surface area contributed by atoms with Crippen molar-refractivity contribution in [3.63, 3.8) is 0 Å². The highest BCUT2D eigenvalue weighted by molar-refractivity contribution is 6.32. The number of hydrogen-bond donors (Lipinski definition) is 0. The average Bonchev–Trinajstić information content (AvgIpc) is 3.30. The van der Waals surface area contributed by atoms with Gasteiger partial charge < -0.3 is 4.90 Å². The summed E-state index contributed by atoms with van der Waals surface area (Å²) in [6, 6.07) is 22.1. The number of anilines is 1. The molecule has 0 N–H and O–H groups in total. The van der Waals surface area contributed by atoms with Crippen molar-refractivity contribution < 1.29 is 13.2 Å². The molecule has 1 unspecified atom stereocenters. The van der Waals surface area contributed by atoms with Gasteiger partial charge in [-0.1, -0.05) is 48.0 Å². The van der Waals surface area contributed by atoms with E-state index < -0.39 is 11.7 Å². The minimum absolute atomic E-state index is 0.0468. The van der Waals surface area contributed by atoms with Gasteiger partial charge in [-0.2, -0.15) is 23.7 Å². The molecule has 1 heterocycles. The van der Waals surface area contributed by atoms with Gasteiger partial charge in [-0.3, -0.25) is 4.90 Å². The van der Waals surface area contributed by atoms with Crippen LogP contribution >= 0.6 is 11.6 Å². The van der Waals surface area contributed by atoms with Crippen LogP contribution in [0.2, 0.25) is 5.02 Å². The molecule has 3 aromatic rings. The summed E-state index contributed by atoms with van der Waals surface area (Å²) in [5, 5.41) is 18.9. The molecule has 8 heteroatoms. The van der Waals surface area contributed by atoms with Gasteiger partial charge in [0, 0.05) is 37.9 Å². The van der Waals surface area contributed by atoms with E-state index in [4.69, 9.17) is 11.6 Å². The lowest BCUT2D eigenvalue weighted by Crippen LogP contribution is -2.37. The number of rotatable bonds is 6. The van der Waals surface area contributed by atoms with Gasteiger partial charge >= 0.3 is 6.18 Å². The molecule has 1 aliphatic heterocycles. The number of nitrogens with zero attached hydrogens (tertiary/aromatic N) is 4. The quantitative estimate of drug-likeness (QED) is 0.399. The average molecular weight is 495 g/mol. The molecule has 0 bridgehead atoms. The highest BCUT2D eigenvalue weighted by atomic mass is 35.5. The Morgan fingerprint density at radius 2 is 1.63 bits per heavy atom. The van der Waals surface area contributed by atoms with Gasteiger partial charge in [0.2, 0.25) is 0 Å². The van der Waals surface area contributed by atoms with Crippen LogP contribution in [0.15, 0.2) is 66.7 Å². The fraction of sp³-hybridized carbons (Fsp3) is 0.259. The lowest BCUT2D eigenvalue weighted by Gasteiger charge is -2.32. The molecule has 4 rings (SSSR count). The van der Waals surface area contributed by atoms with Gasteiger partial charge in [0.05, 0.1) is 27.8 Å². The van der Waals surface area contributed by atoms with Crippen molar-refractivity contribution in [2.24, 2.45) is 0 Å². The minimum atomic E-state index is -4.46. The second kappa shape index (κ2) is 10.4. The van der Waals surface area contributed by atoms with Crippen LogP contribution in [-0.4, -0.2) is 24.0 Å². The van der Waals surface area contributed by atoms with Crippen molar-refractivity contribution in [3.05, 3.63) is 99.6 Å². The summed E-state index contributed by atoms with van der Waals surface area (Å²) in [4.78, 5) is 4.14. The Hall–Kier alpha value is -3.52. The molecule has 0 radical (unpaired) electrons. The van der Waals surface area contributed by atoms with Crippen LogP contribution in [0.1, 0.15) is 34.2 Å². The molecule has 0 spiro atoms. The molecule has 3 aromatic carbocycles. The molecule has 1 aliphatic rings. The second-order valence-electron chi connectivity index (χ2n) is 8.51. The van der Waals surface area contributed by atoms with Crippen molar-refractivity contribution in [2.75, 3.05) is 18.0 Å². The number of benzene rings is 3. The fourth-order valence-electron chi connectivity index (χ4n) is 4.54. The van der Waals surface area contributed by atoms with Crippen LogP contribution in [-0.2, 0) is 19.3 Å². The molecular formula is C27H22ClF3N4. The fourth-order valence-corrected chi connectivity index (χ4v) is 4.76. The Labute approximate surface area is 207 Å². The van der Waals surface area contributed by atoms with Gasteiger partial charge in [-0.15, -0.1) is 0 Å². The van der Waals surface area contributed by atoms with E-state index in [2.05, 4.69) is 11.0 Å². The first kappa shape index (κ1) is 24.6. The van der Waals surface area contributed by atoms with Gasteiger partial charge in [0.25, 0.3) is 0 Å². The highest BCUT2D eigenvalue weighted by Gasteiger charge is 2.35. The van der Waals surface area contributed by atoms with Crippen LogP contribution in [0.5, 0.6) is 0 Å². The van der Waals surface area contributed by atoms with Gasteiger partial charge in [0.1, 0.15) is 6.07 Å². The summed E-state index contributed by atoms with van der Waals surface area (Å²) >= 11 is 6.29. The number of alkyl halides is 3. The third kappa shape index (κ3) is 5.59. The van der Waals surface area contributed by atoms with Crippen LogP contribution in [0.4, 0.5) is 18.9 Å². The van der Waals surface area contributed by atoms with Crippen molar-refractivity contribution in [1.29, 1.82) is 10.5 Å². The van der Waals surface area contributed by atoms with Crippen LogP contribution < -0.4 is 4.90 Å². The Kier molecular flexibility index (Phi) is 7.31. The highest BCUT2D eigenvalue weighted by Crippen LogP contribution is 2.35. The number of nitriles is 2. The van der Waals surface area contributed by atoms with Crippen LogP contribution in [0.25, 0.3) is 0 Å². The second-order valence-corrected chi connectivity index (χ2v) is 8.91. The standard InChI is InChI=1S/C27H22ClF3N4/c28-26-13-23(10-9-20(26)15-33)35(17-22-7-3-4-8-25(22)27(29,30)31)24-11-12-34(18-24)16-21-6-2-1-5-19(21)14-32/h1-10,13,24H,11-12,16-18H2. The molecular weight excluding hydrogens is 473 g/mol. The molecule has 0 amide bonds. The zero-order valence-corrected chi connectivity index (χ0v) is 19.5. The van der Waals surface area contributed by atoms with Crippen molar-refractivity contribution in [3.8, 4) is 12.1 Å². The van der Waals surface area contributed by atoms with E-state index in [1.165, 1.54) is 12.1 Å². The summed E-state index contributed by atoms with van der Waals surface area (Å²) in [5.74, 6) is 0. The predicted molar refractivity (Wildman–Crippen MR) is 129 cm³/mol. The van der Waals surface area contributed by atoms with Crippen molar-refractivity contribution in [2.45, 2.75) is 31.7 Å². The monoisotopic (exact) mass is 494 g/mol. The minimum Gasteiger partial charge on any atom is -0.363 e. The Morgan fingerprint density at radius 3 is 2.31 bits per heavy atom. The molecule has 4 nitrogen and oxygen atoms in total. The normalized spacial score (nSPS) is 16.0. The van der Waals surface area contributed by atoms with E-state index in [0.717, 1.165) is 24.6 Å². The zero-order valence-electron chi connectivity index (χ0n) is 18.8. The summed E-state index contributed by atoms with van der Waals surface area (Å²) < 4.78 is 41.1. The van der Waals surface area contributed by atoms with E-state index in [9.17, 15) is 23.7 Å². The van der Waals surface area contributed by atoms with Gasteiger partial charge in [0.15, 0.2) is 0 Å². The van der Waals surface area contributed by atoms with Crippen LogP contribution in [0.3, 0.4) is 0 Å². The smallest absolute Gasteiger partial charge is 0.363 e. The maximum Gasteiger partial charge on any atom is 0.416 e. The molecule has 178 valence electrons. The predicted octanol–water partition coefficient (Wildman–Crippen LogP) is 6.38. The Morgan fingerprint density at radius 1 is 0.943 bits per heavy atom. The summed E-state index contributed by atoms with van der Waals surface area (Å²) in [5.41, 5.74) is 2.02. The summed E-state index contributed by atoms with van der Waals surface area (Å²) in [6.45, 7) is 1.99. The first-order chi connectivity index (χ1) is 16.8. The Bertz CT molecular complexity index is 1290. The van der Waals surface area contributed by atoms with E-state index in [1.54, 1.807) is 30.3 Å². The Balaban J connectivity index is 1.64. The molecule has 1 atom stereocenters. The lowest BCUT2D eigenvalue weighted by molar-refractivity contribution is -0.138. The SMILES string of the molecule is N#Cc1ccc(N(Cc2ccccc2C(F)(F)F)C2CCN(Cc3ccccc3C#N)C2)cc1Cl. The largest absolute Gasteiger partial charge is 0.416 e. The summed E-state index contributed by atoms with van der Waals surface area (Å²) in [7, 11) is 0. The van der Waals surface area contributed by atoms with Crippen molar-refractivity contribution >= 4 is 17.3 Å².